The van der Waals surface area contributed by atoms with Crippen LogP contribution in [0.4, 0.5) is 11.5 Å². The first kappa shape index (κ1) is 14.2. The van der Waals surface area contributed by atoms with Crippen LogP contribution >= 0.6 is 0 Å². The van der Waals surface area contributed by atoms with Gasteiger partial charge in [0.05, 0.1) is 16.0 Å². The van der Waals surface area contributed by atoms with Crippen LogP contribution in [-0.4, -0.2) is 27.2 Å². The lowest BCUT2D eigenvalue weighted by atomic mass is 10.0. The lowest BCUT2D eigenvalue weighted by Crippen LogP contribution is -2.32. The minimum atomic E-state index is -0.786. The van der Waals surface area contributed by atoms with Crippen molar-refractivity contribution in [3.8, 4) is 0 Å². The van der Waals surface area contributed by atoms with Crippen LogP contribution in [0.25, 0.3) is 10.9 Å². The molecule has 1 aromatic heterocycles. The van der Waals surface area contributed by atoms with Gasteiger partial charge in [0.15, 0.2) is 0 Å². The molecule has 6 nitrogen and oxygen atoms in total. The normalized spacial score (nSPS) is 13.9. The topological polar surface area (TPSA) is 88.3 Å². The minimum absolute atomic E-state index is 0.0499. The zero-order valence-corrected chi connectivity index (χ0v) is 11.5. The maximum absolute atomic E-state index is 10.7. The molecule has 0 fully saturated rings. The van der Waals surface area contributed by atoms with Gasteiger partial charge >= 0.3 is 0 Å². The highest BCUT2D eigenvalue weighted by atomic mass is 16.6. The van der Waals surface area contributed by atoms with E-state index in [1.54, 1.807) is 25.1 Å². The van der Waals surface area contributed by atoms with Crippen molar-refractivity contribution in [2.75, 3.05) is 11.9 Å². The Morgan fingerprint density at radius 2 is 2.15 bits per heavy atom. The minimum Gasteiger partial charge on any atom is -0.388 e. The van der Waals surface area contributed by atoms with Gasteiger partial charge in [-0.15, -0.1) is 0 Å². The van der Waals surface area contributed by atoms with Crippen molar-refractivity contribution in [2.24, 2.45) is 0 Å². The Labute approximate surface area is 116 Å². The van der Waals surface area contributed by atoms with Crippen molar-refractivity contribution in [1.29, 1.82) is 0 Å². The first-order chi connectivity index (χ1) is 9.41. The average Bonchev–Trinajstić information content (AvgIpc) is 2.44. The van der Waals surface area contributed by atoms with E-state index in [-0.39, 0.29) is 5.69 Å². The number of pyridine rings is 1. The van der Waals surface area contributed by atoms with Gasteiger partial charge in [-0.05, 0) is 31.5 Å². The summed E-state index contributed by atoms with van der Waals surface area (Å²) >= 11 is 0. The maximum Gasteiger partial charge on any atom is 0.270 e. The summed E-state index contributed by atoms with van der Waals surface area (Å²) in [6, 6.07) is 8.07. The number of nitro benzene ring substituents is 1. The molecule has 2 rings (SSSR count). The third-order valence-electron chi connectivity index (χ3n) is 3.30. The Balaban J connectivity index is 2.22. The van der Waals surface area contributed by atoms with E-state index in [0.29, 0.717) is 29.7 Å². The number of rotatable bonds is 5. The third-order valence-corrected chi connectivity index (χ3v) is 3.30. The Hall–Kier alpha value is -2.21. The molecule has 0 radical (unpaired) electrons. The fourth-order valence-electron chi connectivity index (χ4n) is 1.73. The number of hydrogen-bond acceptors (Lipinski definition) is 5. The van der Waals surface area contributed by atoms with E-state index in [4.69, 9.17) is 0 Å². The largest absolute Gasteiger partial charge is 0.388 e. The number of fused-ring (bicyclic) bond motifs is 1. The van der Waals surface area contributed by atoms with E-state index in [0.717, 1.165) is 0 Å². The highest BCUT2D eigenvalue weighted by Crippen LogP contribution is 2.21. The van der Waals surface area contributed by atoms with Gasteiger partial charge in [-0.2, -0.15) is 0 Å². The average molecular weight is 275 g/mol. The molecule has 0 aliphatic heterocycles. The molecule has 0 aliphatic carbocycles. The molecule has 20 heavy (non-hydrogen) atoms. The van der Waals surface area contributed by atoms with Crippen molar-refractivity contribution in [1.82, 2.24) is 4.98 Å². The Kier molecular flexibility index (Phi) is 3.85. The molecule has 1 atom stereocenters. The van der Waals surface area contributed by atoms with Crippen LogP contribution in [0.1, 0.15) is 20.3 Å². The molecule has 106 valence electrons. The maximum atomic E-state index is 10.7. The Morgan fingerprint density at radius 1 is 1.40 bits per heavy atom. The predicted molar refractivity (Wildman–Crippen MR) is 77.8 cm³/mol. The molecular weight excluding hydrogens is 258 g/mol. The second-order valence-corrected chi connectivity index (χ2v) is 5.03. The highest BCUT2D eigenvalue weighted by molar-refractivity contribution is 5.82. The summed E-state index contributed by atoms with van der Waals surface area (Å²) in [6.07, 6.45) is 0.639. The lowest BCUT2D eigenvalue weighted by Gasteiger charge is -2.21. The van der Waals surface area contributed by atoms with Gasteiger partial charge in [0.1, 0.15) is 5.82 Å². The molecule has 6 heteroatoms. The zero-order valence-electron chi connectivity index (χ0n) is 11.5. The Bertz CT molecular complexity index is 641. The molecule has 0 saturated carbocycles. The van der Waals surface area contributed by atoms with Crippen LogP contribution in [0.2, 0.25) is 0 Å². The summed E-state index contributed by atoms with van der Waals surface area (Å²) in [5, 5.41) is 24.4. The van der Waals surface area contributed by atoms with Gasteiger partial charge in [-0.25, -0.2) is 4.98 Å². The monoisotopic (exact) mass is 275 g/mol. The number of nitrogens with zero attached hydrogens (tertiary/aromatic N) is 2. The van der Waals surface area contributed by atoms with Crippen molar-refractivity contribution < 1.29 is 10.0 Å². The number of non-ortho nitro benzene ring substituents is 1. The summed E-state index contributed by atoms with van der Waals surface area (Å²) in [5.74, 6) is 0.639. The van der Waals surface area contributed by atoms with Gasteiger partial charge in [-0.1, -0.05) is 6.92 Å². The molecule has 0 aliphatic rings. The standard InChI is InChI=1S/C14H17N3O3/c1-3-14(2,18)9-15-13-7-4-10-8-11(17(19)20)5-6-12(10)16-13/h4-8,18H,3,9H2,1-2H3,(H,15,16)/t14-/m1/s1. The number of anilines is 1. The highest BCUT2D eigenvalue weighted by Gasteiger charge is 2.17. The number of nitro groups is 1. The molecule has 0 bridgehead atoms. The summed E-state index contributed by atoms with van der Waals surface area (Å²) in [7, 11) is 0. The lowest BCUT2D eigenvalue weighted by molar-refractivity contribution is -0.384. The predicted octanol–water partition coefficient (Wildman–Crippen LogP) is 2.72. The summed E-state index contributed by atoms with van der Waals surface area (Å²) in [4.78, 5) is 14.6. The molecule has 0 spiro atoms. The number of hydrogen-bond donors (Lipinski definition) is 2. The van der Waals surface area contributed by atoms with E-state index in [2.05, 4.69) is 10.3 Å². The molecule has 0 unspecified atom stereocenters. The van der Waals surface area contributed by atoms with Crippen LogP contribution < -0.4 is 5.32 Å². The summed E-state index contributed by atoms with van der Waals surface area (Å²) < 4.78 is 0. The SMILES string of the molecule is CC[C@@](C)(O)CNc1ccc2cc([N+](=O)[O-])ccc2n1. The molecule has 1 aromatic carbocycles. The first-order valence-electron chi connectivity index (χ1n) is 6.43. The fourth-order valence-corrected chi connectivity index (χ4v) is 1.73. The van der Waals surface area contributed by atoms with E-state index < -0.39 is 10.5 Å². The number of nitrogens with one attached hydrogen (secondary N) is 1. The van der Waals surface area contributed by atoms with Crippen LogP contribution in [0, 0.1) is 10.1 Å². The van der Waals surface area contributed by atoms with Gasteiger partial charge in [0, 0.05) is 24.1 Å². The smallest absolute Gasteiger partial charge is 0.270 e. The second kappa shape index (κ2) is 5.42. The van der Waals surface area contributed by atoms with Gasteiger partial charge in [0.25, 0.3) is 5.69 Å². The molecule has 2 aromatic rings. The van der Waals surface area contributed by atoms with Crippen LogP contribution in [-0.2, 0) is 0 Å². The van der Waals surface area contributed by atoms with Crippen LogP contribution in [0.3, 0.4) is 0 Å². The molecule has 2 N–H and O–H groups in total. The molecular formula is C14H17N3O3. The Morgan fingerprint density at radius 3 is 2.80 bits per heavy atom. The van der Waals surface area contributed by atoms with Crippen LogP contribution in [0.5, 0.6) is 0 Å². The van der Waals surface area contributed by atoms with Crippen LogP contribution in [0.15, 0.2) is 30.3 Å². The third kappa shape index (κ3) is 3.21. The number of benzene rings is 1. The quantitative estimate of drug-likeness (QED) is 0.647. The van der Waals surface area contributed by atoms with Crippen molar-refractivity contribution in [3.05, 3.63) is 40.4 Å². The molecule has 1 heterocycles. The van der Waals surface area contributed by atoms with E-state index in [1.807, 2.05) is 6.92 Å². The molecule has 0 saturated heterocycles. The van der Waals surface area contributed by atoms with E-state index in [9.17, 15) is 15.2 Å². The number of aliphatic hydroxyl groups is 1. The van der Waals surface area contributed by atoms with Gasteiger partial charge in [-0.3, -0.25) is 10.1 Å². The van der Waals surface area contributed by atoms with Crippen molar-refractivity contribution in [2.45, 2.75) is 25.9 Å². The fraction of sp³-hybridized carbons (Fsp3) is 0.357. The zero-order chi connectivity index (χ0) is 14.8. The van der Waals surface area contributed by atoms with Crippen molar-refractivity contribution in [3.63, 3.8) is 0 Å². The van der Waals surface area contributed by atoms with E-state index in [1.165, 1.54) is 12.1 Å². The van der Waals surface area contributed by atoms with Gasteiger partial charge < -0.3 is 10.4 Å². The van der Waals surface area contributed by atoms with Crippen molar-refractivity contribution >= 4 is 22.4 Å². The molecule has 0 amide bonds. The van der Waals surface area contributed by atoms with Gasteiger partial charge in [0.2, 0.25) is 0 Å². The first-order valence-corrected chi connectivity index (χ1v) is 6.43. The second-order valence-electron chi connectivity index (χ2n) is 5.03. The summed E-state index contributed by atoms with van der Waals surface area (Å²) in [5.41, 5.74) is -0.0581. The number of aromatic nitrogens is 1. The van der Waals surface area contributed by atoms with E-state index >= 15 is 0 Å². The summed E-state index contributed by atoms with van der Waals surface area (Å²) in [6.45, 7) is 4.06.